The van der Waals surface area contributed by atoms with Crippen molar-refractivity contribution >= 4 is 29.6 Å². The van der Waals surface area contributed by atoms with Gasteiger partial charge in [0.25, 0.3) is 0 Å². The predicted octanol–water partition coefficient (Wildman–Crippen LogP) is 4.79. The van der Waals surface area contributed by atoms with E-state index in [1.54, 1.807) is 18.0 Å². The molecular formula is C19H16ClN3S. The first-order chi connectivity index (χ1) is 11.7. The van der Waals surface area contributed by atoms with E-state index in [4.69, 9.17) is 11.6 Å². The van der Waals surface area contributed by atoms with Crippen LogP contribution >= 0.6 is 23.4 Å². The van der Waals surface area contributed by atoms with Crippen LogP contribution < -0.4 is 5.36 Å². The Hall–Kier alpha value is -2.30. The van der Waals surface area contributed by atoms with E-state index in [1.807, 2.05) is 65.5 Å². The largest absolute Gasteiger partial charge is 0.324 e. The Labute approximate surface area is 150 Å². The third-order valence-corrected chi connectivity index (χ3v) is 4.43. The highest BCUT2D eigenvalue weighted by molar-refractivity contribution is 7.98. The minimum Gasteiger partial charge on any atom is -0.324 e. The molecule has 0 radical (unpaired) electrons. The topological polar surface area (TPSA) is 29.6 Å². The molecule has 24 heavy (non-hydrogen) atoms. The first-order valence-electron chi connectivity index (χ1n) is 7.40. The number of halogens is 1. The van der Waals surface area contributed by atoms with Gasteiger partial charge in [-0.05, 0) is 60.4 Å². The number of hydrogen-bond acceptors (Lipinski definition) is 3. The van der Waals surface area contributed by atoms with Gasteiger partial charge in [0.15, 0.2) is 0 Å². The Morgan fingerprint density at radius 2 is 1.58 bits per heavy atom. The summed E-state index contributed by atoms with van der Waals surface area (Å²) in [6.45, 7) is 0. The van der Waals surface area contributed by atoms with E-state index >= 15 is 0 Å². The van der Waals surface area contributed by atoms with Crippen LogP contribution in [-0.2, 0) is 0 Å². The van der Waals surface area contributed by atoms with Gasteiger partial charge in [-0.25, -0.2) is 0 Å². The highest BCUT2D eigenvalue weighted by atomic mass is 35.5. The number of thioether (sulfide) groups is 1. The minimum absolute atomic E-state index is 0.728. The maximum Gasteiger partial charge on any atom is 0.0886 e. The molecule has 0 aliphatic carbocycles. The lowest BCUT2D eigenvalue weighted by Crippen LogP contribution is -2.03. The number of rotatable bonds is 4. The van der Waals surface area contributed by atoms with Gasteiger partial charge in [0.05, 0.1) is 11.6 Å². The molecule has 0 saturated heterocycles. The molecule has 0 unspecified atom stereocenters. The smallest absolute Gasteiger partial charge is 0.0886 e. The Bertz CT molecular complexity index is 877. The van der Waals surface area contributed by atoms with Gasteiger partial charge in [0.2, 0.25) is 0 Å². The van der Waals surface area contributed by atoms with Crippen molar-refractivity contribution in [1.82, 2.24) is 4.57 Å². The van der Waals surface area contributed by atoms with Gasteiger partial charge in [-0.2, -0.15) is 10.2 Å². The number of pyridine rings is 1. The van der Waals surface area contributed by atoms with Crippen LogP contribution in [0.15, 0.2) is 88.2 Å². The summed E-state index contributed by atoms with van der Waals surface area (Å²) >= 11 is 7.63. The average molecular weight is 354 g/mol. The molecule has 5 heteroatoms. The van der Waals surface area contributed by atoms with Crippen molar-refractivity contribution in [3.05, 3.63) is 89.0 Å². The van der Waals surface area contributed by atoms with E-state index in [0.29, 0.717) is 0 Å². The van der Waals surface area contributed by atoms with Crippen molar-refractivity contribution in [2.24, 2.45) is 10.2 Å². The highest BCUT2D eigenvalue weighted by Crippen LogP contribution is 2.14. The number of hydrogen-bond donors (Lipinski definition) is 0. The Morgan fingerprint density at radius 1 is 0.917 bits per heavy atom. The van der Waals surface area contributed by atoms with Crippen LogP contribution in [0.2, 0.25) is 5.02 Å². The van der Waals surface area contributed by atoms with E-state index < -0.39 is 0 Å². The maximum absolute atomic E-state index is 5.91. The molecule has 0 atom stereocenters. The molecule has 3 aromatic rings. The molecule has 1 heterocycles. The van der Waals surface area contributed by atoms with Gasteiger partial charge in [-0.1, -0.05) is 23.7 Å². The zero-order valence-corrected chi connectivity index (χ0v) is 14.7. The molecule has 3 nitrogen and oxygen atoms in total. The van der Waals surface area contributed by atoms with Crippen LogP contribution in [0, 0.1) is 0 Å². The molecule has 0 fully saturated rings. The van der Waals surface area contributed by atoms with E-state index in [2.05, 4.69) is 28.6 Å². The third-order valence-electron chi connectivity index (χ3n) is 3.43. The van der Waals surface area contributed by atoms with Crippen LogP contribution in [0.5, 0.6) is 0 Å². The van der Waals surface area contributed by atoms with Crippen molar-refractivity contribution in [2.75, 3.05) is 6.26 Å². The van der Waals surface area contributed by atoms with Crippen molar-refractivity contribution < 1.29 is 0 Å². The molecule has 0 bridgehead atoms. The third kappa shape index (κ3) is 4.37. The SMILES string of the molecule is CSc1ccc(C=NN=c2ccn(-c3ccc(Cl)cc3)cc2)cc1. The average Bonchev–Trinajstić information content (AvgIpc) is 2.64. The molecule has 0 N–H and O–H groups in total. The Morgan fingerprint density at radius 3 is 2.21 bits per heavy atom. The van der Waals surface area contributed by atoms with Crippen molar-refractivity contribution in [3.8, 4) is 5.69 Å². The minimum atomic E-state index is 0.728. The van der Waals surface area contributed by atoms with Crippen molar-refractivity contribution in [2.45, 2.75) is 4.90 Å². The Kier molecular flexibility index (Phi) is 5.51. The zero-order chi connectivity index (χ0) is 16.8. The second-order valence-corrected chi connectivity index (χ2v) is 6.37. The van der Waals surface area contributed by atoms with Crippen LogP contribution in [0.25, 0.3) is 5.69 Å². The second kappa shape index (κ2) is 7.99. The first kappa shape index (κ1) is 16.6. The van der Waals surface area contributed by atoms with Crippen molar-refractivity contribution in [1.29, 1.82) is 0 Å². The lowest BCUT2D eigenvalue weighted by molar-refractivity contribution is 1.02. The van der Waals surface area contributed by atoms with Gasteiger partial charge in [-0.3, -0.25) is 0 Å². The molecule has 0 amide bonds. The molecule has 3 rings (SSSR count). The molecular weight excluding hydrogens is 338 g/mol. The fourth-order valence-corrected chi connectivity index (χ4v) is 2.66. The van der Waals surface area contributed by atoms with Gasteiger partial charge < -0.3 is 4.57 Å². The van der Waals surface area contributed by atoms with E-state index in [9.17, 15) is 0 Å². The second-order valence-electron chi connectivity index (χ2n) is 5.06. The number of benzene rings is 2. The maximum atomic E-state index is 5.91. The van der Waals surface area contributed by atoms with Crippen molar-refractivity contribution in [3.63, 3.8) is 0 Å². The summed E-state index contributed by atoms with van der Waals surface area (Å²) in [4.78, 5) is 1.24. The van der Waals surface area contributed by atoms with Gasteiger partial charge in [-0.15, -0.1) is 11.8 Å². The molecule has 0 saturated carbocycles. The molecule has 120 valence electrons. The van der Waals surface area contributed by atoms with Crippen LogP contribution in [0.3, 0.4) is 0 Å². The molecule has 0 aliphatic rings. The first-order valence-corrected chi connectivity index (χ1v) is 9.00. The van der Waals surface area contributed by atoms with E-state index in [1.165, 1.54) is 4.90 Å². The summed E-state index contributed by atoms with van der Waals surface area (Å²) in [5.41, 5.74) is 2.08. The van der Waals surface area contributed by atoms with Gasteiger partial charge in [0, 0.05) is 28.0 Å². The summed E-state index contributed by atoms with van der Waals surface area (Å²) in [5, 5.41) is 9.90. The van der Waals surface area contributed by atoms with Crippen LogP contribution in [0.4, 0.5) is 0 Å². The number of aromatic nitrogens is 1. The predicted molar refractivity (Wildman–Crippen MR) is 102 cm³/mol. The quantitative estimate of drug-likeness (QED) is 0.377. The van der Waals surface area contributed by atoms with E-state index in [0.717, 1.165) is 21.6 Å². The normalized spacial score (nSPS) is 10.9. The monoisotopic (exact) mass is 353 g/mol. The van der Waals surface area contributed by atoms with Crippen LogP contribution in [0.1, 0.15) is 5.56 Å². The summed E-state index contributed by atoms with van der Waals surface area (Å²) in [7, 11) is 0. The molecule has 0 aliphatic heterocycles. The van der Waals surface area contributed by atoms with Gasteiger partial charge in [0.1, 0.15) is 0 Å². The fraction of sp³-hybridized carbons (Fsp3) is 0.0526. The van der Waals surface area contributed by atoms with Crippen LogP contribution in [-0.4, -0.2) is 17.0 Å². The van der Waals surface area contributed by atoms with E-state index in [-0.39, 0.29) is 0 Å². The zero-order valence-electron chi connectivity index (χ0n) is 13.1. The summed E-state index contributed by atoms with van der Waals surface area (Å²) in [6, 6.07) is 19.7. The molecule has 1 aromatic heterocycles. The lowest BCUT2D eigenvalue weighted by atomic mass is 10.2. The molecule has 0 spiro atoms. The molecule has 2 aromatic carbocycles. The van der Waals surface area contributed by atoms with Gasteiger partial charge >= 0.3 is 0 Å². The summed E-state index contributed by atoms with van der Waals surface area (Å²) in [6.07, 6.45) is 7.71. The standard InChI is InChI=1S/C19H16ClN3S/c1-24-19-8-2-15(3-9-19)14-21-22-17-10-12-23(13-11-17)18-6-4-16(20)5-7-18/h2-14H,1H3. The highest BCUT2D eigenvalue weighted by Gasteiger charge is 1.94. The lowest BCUT2D eigenvalue weighted by Gasteiger charge is -2.05. The summed E-state index contributed by atoms with van der Waals surface area (Å²) in [5.74, 6) is 0. The number of nitrogens with zero attached hydrogens (tertiary/aromatic N) is 3. The fourth-order valence-electron chi connectivity index (χ4n) is 2.12. The Balaban J connectivity index is 1.73. The summed E-state index contributed by atoms with van der Waals surface area (Å²) < 4.78 is 2.00.